The lowest BCUT2D eigenvalue weighted by atomic mass is 9.69. The van der Waals surface area contributed by atoms with Crippen LogP contribution in [0.4, 0.5) is 0 Å². The molecule has 1 atom stereocenters. The molecule has 0 fully saturated rings. The summed E-state index contributed by atoms with van der Waals surface area (Å²) in [6, 6.07) is 0. The van der Waals surface area contributed by atoms with Crippen LogP contribution in [0.15, 0.2) is 36.0 Å². The van der Waals surface area contributed by atoms with Crippen LogP contribution in [0, 0.1) is 5.41 Å². The van der Waals surface area contributed by atoms with Gasteiger partial charge in [-0.25, -0.2) is 0 Å². The van der Waals surface area contributed by atoms with Gasteiger partial charge in [0.1, 0.15) is 0 Å². The van der Waals surface area contributed by atoms with Crippen LogP contribution in [0.25, 0.3) is 0 Å². The van der Waals surface area contributed by atoms with Gasteiger partial charge >= 0.3 is 0 Å². The fourth-order valence-corrected chi connectivity index (χ4v) is 2.52. The highest BCUT2D eigenvalue weighted by Gasteiger charge is 2.30. The lowest BCUT2D eigenvalue weighted by molar-refractivity contribution is 0.382. The SMILES string of the molecule is C=C/C(=C\C)C(CC)(CCC)/C(C)=C/C. The maximum atomic E-state index is 3.95. The Morgan fingerprint density at radius 3 is 2.07 bits per heavy atom. The highest BCUT2D eigenvalue weighted by Crippen LogP contribution is 2.43. The summed E-state index contributed by atoms with van der Waals surface area (Å²) in [5.41, 5.74) is 3.07. The first-order valence-corrected chi connectivity index (χ1v) is 6.05. The molecule has 0 aliphatic heterocycles. The molecular formula is C15H26. The standard InChI is InChI=1S/C15H26/c1-7-12-15(11-5,13(6)8-2)14(9-3)10-4/h8-10H,3,7,11-12H2,1-2,4-6H3/b13-8+,14-10+. The molecule has 15 heavy (non-hydrogen) atoms. The molecule has 0 rings (SSSR count). The van der Waals surface area contributed by atoms with Gasteiger partial charge in [0, 0.05) is 5.41 Å². The monoisotopic (exact) mass is 206 g/mol. The molecule has 0 aromatic rings. The first-order valence-electron chi connectivity index (χ1n) is 6.05. The van der Waals surface area contributed by atoms with E-state index < -0.39 is 0 Å². The minimum atomic E-state index is 0.222. The number of allylic oxidation sites excluding steroid dienone is 5. The van der Waals surface area contributed by atoms with Crippen LogP contribution in [-0.4, -0.2) is 0 Å². The van der Waals surface area contributed by atoms with Crippen molar-refractivity contribution in [2.75, 3.05) is 0 Å². The van der Waals surface area contributed by atoms with Crippen LogP contribution in [0.2, 0.25) is 0 Å². The predicted octanol–water partition coefficient (Wildman–Crippen LogP) is 5.28. The maximum Gasteiger partial charge on any atom is 0.0152 e. The van der Waals surface area contributed by atoms with E-state index in [1.165, 1.54) is 24.0 Å². The van der Waals surface area contributed by atoms with Crippen molar-refractivity contribution in [3.63, 3.8) is 0 Å². The quantitative estimate of drug-likeness (QED) is 0.409. The van der Waals surface area contributed by atoms with Gasteiger partial charge in [0.05, 0.1) is 0 Å². The third-order valence-electron chi connectivity index (χ3n) is 3.55. The summed E-state index contributed by atoms with van der Waals surface area (Å²) < 4.78 is 0. The summed E-state index contributed by atoms with van der Waals surface area (Å²) in [6.07, 6.45) is 10.1. The summed E-state index contributed by atoms with van der Waals surface area (Å²) in [4.78, 5) is 0. The smallest absolute Gasteiger partial charge is 0.0152 e. The Morgan fingerprint density at radius 1 is 1.20 bits per heavy atom. The number of hydrogen-bond donors (Lipinski definition) is 0. The second-order valence-corrected chi connectivity index (χ2v) is 4.11. The lowest BCUT2D eigenvalue weighted by Crippen LogP contribution is -2.23. The Hall–Kier alpha value is -0.780. The van der Waals surface area contributed by atoms with E-state index >= 15 is 0 Å². The molecule has 0 nitrogen and oxygen atoms in total. The summed E-state index contributed by atoms with van der Waals surface area (Å²) in [5, 5.41) is 0. The molecule has 0 saturated heterocycles. The molecule has 0 aliphatic rings. The molecule has 0 N–H and O–H groups in total. The van der Waals surface area contributed by atoms with Crippen molar-refractivity contribution < 1.29 is 0 Å². The zero-order chi connectivity index (χ0) is 11.9. The van der Waals surface area contributed by atoms with Crippen LogP contribution in [0.3, 0.4) is 0 Å². The fourth-order valence-electron chi connectivity index (χ4n) is 2.52. The van der Waals surface area contributed by atoms with Gasteiger partial charge in [-0.15, -0.1) is 0 Å². The third-order valence-corrected chi connectivity index (χ3v) is 3.55. The second-order valence-electron chi connectivity index (χ2n) is 4.11. The van der Waals surface area contributed by atoms with E-state index in [9.17, 15) is 0 Å². The number of hydrogen-bond acceptors (Lipinski definition) is 0. The summed E-state index contributed by atoms with van der Waals surface area (Å²) >= 11 is 0. The molecule has 0 aromatic heterocycles. The van der Waals surface area contributed by atoms with Gasteiger partial charge in [-0.2, -0.15) is 0 Å². The molecular weight excluding hydrogens is 180 g/mol. The molecule has 0 heteroatoms. The van der Waals surface area contributed by atoms with Gasteiger partial charge in [-0.1, -0.05) is 50.6 Å². The Labute approximate surface area is 95.8 Å². The Balaban J connectivity index is 5.42. The lowest BCUT2D eigenvalue weighted by Gasteiger charge is -2.35. The number of rotatable bonds is 6. The summed E-state index contributed by atoms with van der Waals surface area (Å²) in [6.45, 7) is 15.0. The van der Waals surface area contributed by atoms with Crippen molar-refractivity contribution in [2.24, 2.45) is 5.41 Å². The van der Waals surface area contributed by atoms with E-state index in [1.54, 1.807) is 0 Å². The largest absolute Gasteiger partial charge is 0.0988 e. The van der Waals surface area contributed by atoms with E-state index in [-0.39, 0.29) is 5.41 Å². The predicted molar refractivity (Wildman–Crippen MR) is 71.0 cm³/mol. The molecule has 0 aromatic carbocycles. The maximum absolute atomic E-state index is 3.95. The van der Waals surface area contributed by atoms with Gasteiger partial charge in [0.2, 0.25) is 0 Å². The Morgan fingerprint density at radius 2 is 1.80 bits per heavy atom. The van der Waals surface area contributed by atoms with Gasteiger partial charge in [0.15, 0.2) is 0 Å². The van der Waals surface area contributed by atoms with E-state index in [2.05, 4.69) is 53.3 Å². The highest BCUT2D eigenvalue weighted by atomic mass is 14.3. The van der Waals surface area contributed by atoms with Crippen molar-refractivity contribution in [1.82, 2.24) is 0 Å². The molecule has 0 radical (unpaired) electrons. The van der Waals surface area contributed by atoms with Crippen LogP contribution in [-0.2, 0) is 0 Å². The summed E-state index contributed by atoms with van der Waals surface area (Å²) in [5.74, 6) is 0. The zero-order valence-electron chi connectivity index (χ0n) is 11.1. The Bertz CT molecular complexity index is 255. The van der Waals surface area contributed by atoms with Crippen LogP contribution in [0.5, 0.6) is 0 Å². The van der Waals surface area contributed by atoms with Gasteiger partial charge in [-0.3, -0.25) is 0 Å². The average Bonchev–Trinajstić information content (AvgIpc) is 2.28. The third kappa shape index (κ3) is 2.84. The first kappa shape index (κ1) is 14.2. The van der Waals surface area contributed by atoms with Crippen molar-refractivity contribution in [3.8, 4) is 0 Å². The fraction of sp³-hybridized carbons (Fsp3) is 0.600. The molecule has 1 unspecified atom stereocenters. The van der Waals surface area contributed by atoms with Crippen molar-refractivity contribution in [3.05, 3.63) is 36.0 Å². The minimum absolute atomic E-state index is 0.222. The molecule has 0 spiro atoms. The average molecular weight is 206 g/mol. The molecule has 0 bridgehead atoms. The highest BCUT2D eigenvalue weighted by molar-refractivity contribution is 5.34. The molecule has 0 aliphatic carbocycles. The normalized spacial score (nSPS) is 17.4. The molecule has 0 amide bonds. The topological polar surface area (TPSA) is 0 Å². The summed E-state index contributed by atoms with van der Waals surface area (Å²) in [7, 11) is 0. The minimum Gasteiger partial charge on any atom is -0.0988 e. The van der Waals surface area contributed by atoms with Crippen molar-refractivity contribution in [1.29, 1.82) is 0 Å². The van der Waals surface area contributed by atoms with Crippen LogP contribution in [0.1, 0.15) is 53.9 Å². The van der Waals surface area contributed by atoms with E-state index in [0.717, 1.165) is 6.42 Å². The zero-order valence-corrected chi connectivity index (χ0v) is 11.1. The van der Waals surface area contributed by atoms with Crippen LogP contribution < -0.4 is 0 Å². The molecule has 86 valence electrons. The van der Waals surface area contributed by atoms with Crippen molar-refractivity contribution in [2.45, 2.75) is 53.9 Å². The van der Waals surface area contributed by atoms with Crippen molar-refractivity contribution >= 4 is 0 Å². The molecule has 0 heterocycles. The van der Waals surface area contributed by atoms with Crippen LogP contribution >= 0.6 is 0 Å². The van der Waals surface area contributed by atoms with E-state index in [4.69, 9.17) is 0 Å². The van der Waals surface area contributed by atoms with Gasteiger partial charge < -0.3 is 0 Å². The van der Waals surface area contributed by atoms with E-state index in [1.807, 2.05) is 6.08 Å². The Kier molecular flexibility index (Phi) is 6.31. The first-order chi connectivity index (χ1) is 7.12. The van der Waals surface area contributed by atoms with E-state index in [0.29, 0.717) is 0 Å². The molecule has 0 saturated carbocycles. The second kappa shape index (κ2) is 6.66. The van der Waals surface area contributed by atoms with Gasteiger partial charge in [0.25, 0.3) is 0 Å². The van der Waals surface area contributed by atoms with Gasteiger partial charge in [-0.05, 0) is 39.2 Å².